The maximum atomic E-state index is 10.1. The number of aromatic nitrogens is 5. The molecule has 0 saturated heterocycles. The van der Waals surface area contributed by atoms with Gasteiger partial charge in [0.25, 0.3) is 0 Å². The van der Waals surface area contributed by atoms with E-state index in [2.05, 4.69) is 186 Å². The lowest BCUT2D eigenvalue weighted by Crippen LogP contribution is -2.08. The highest BCUT2D eigenvalue weighted by Gasteiger charge is 2.25. The van der Waals surface area contributed by atoms with Crippen LogP contribution in [0.15, 0.2) is 168 Å². The normalized spacial score (nSPS) is 11.9. The monoisotopic (exact) mass is 851 g/mol. The van der Waals surface area contributed by atoms with Crippen LogP contribution >= 0.6 is 0 Å². The molecule has 5 aromatic heterocycles. The minimum Gasteiger partial charge on any atom is -0.452 e. The molecule has 0 amide bonds. The third-order valence-electron chi connectivity index (χ3n) is 13.1. The molecule has 7 aromatic carbocycles. The van der Waals surface area contributed by atoms with Gasteiger partial charge >= 0.3 is 0 Å². The van der Waals surface area contributed by atoms with E-state index in [0.29, 0.717) is 22.8 Å². The molecule has 0 N–H and O–H groups in total. The van der Waals surface area contributed by atoms with Crippen LogP contribution in [0.25, 0.3) is 110 Å². The molecule has 0 radical (unpaired) electrons. The maximum Gasteiger partial charge on any atom is 0.187 e. The van der Waals surface area contributed by atoms with E-state index in [9.17, 15) is 5.26 Å². The molecule has 66 heavy (non-hydrogen) atoms. The summed E-state index contributed by atoms with van der Waals surface area (Å²) >= 11 is 0. The number of benzene rings is 7. The Kier molecular flexibility index (Phi) is 8.81. The van der Waals surface area contributed by atoms with Crippen molar-refractivity contribution in [3.05, 3.63) is 192 Å². The van der Waals surface area contributed by atoms with E-state index in [-0.39, 0.29) is 11.8 Å². The van der Waals surface area contributed by atoms with Gasteiger partial charge in [-0.25, -0.2) is 14.8 Å². The van der Waals surface area contributed by atoms with Gasteiger partial charge in [-0.3, -0.25) is 9.13 Å². The van der Waals surface area contributed by atoms with Gasteiger partial charge < -0.3 is 8.98 Å². The smallest absolute Gasteiger partial charge is 0.187 e. The molecule has 0 atom stereocenters. The fourth-order valence-electron chi connectivity index (χ4n) is 10.0. The van der Waals surface area contributed by atoms with E-state index >= 15 is 0 Å². The summed E-state index contributed by atoms with van der Waals surface area (Å²) in [5.74, 6) is 1.67. The molecular weight excluding hydrogens is 811 g/mol. The standard InChI is InChI=1S/C58H41N7O/c1-34(2)45-29-38(30-46(35(3)4)56(45)63-33-40(32-59)61-58(63)37-15-14-16-39(27-37)60-5)36-25-26-53-47(28-36)55-57(66-53)52(64-48-21-10-6-17-41(48)42-18-7-11-22-49(42)64)31-54(62-55)65-50-23-12-8-19-43(50)44-20-9-13-24-51(44)65/h6-31,33-35H,1-4H3. The van der Waals surface area contributed by atoms with Crippen molar-refractivity contribution in [2.24, 2.45) is 0 Å². The molecule has 12 aromatic rings. The Labute approximate surface area is 380 Å². The first-order valence-corrected chi connectivity index (χ1v) is 22.3. The Morgan fingerprint density at radius 3 is 1.71 bits per heavy atom. The number of para-hydroxylation sites is 4. The second kappa shape index (κ2) is 14.9. The fraction of sp³-hybridized carbons (Fsp3) is 0.103. The van der Waals surface area contributed by atoms with Gasteiger partial charge in [0.1, 0.15) is 28.8 Å². The molecule has 12 rings (SSSR count). The highest BCUT2D eigenvalue weighted by Crippen LogP contribution is 2.43. The molecule has 0 unspecified atom stereocenters. The number of nitriles is 1. The van der Waals surface area contributed by atoms with Crippen LogP contribution in [0.1, 0.15) is 56.4 Å². The number of pyridine rings is 1. The second-order valence-corrected chi connectivity index (χ2v) is 17.6. The number of imidazole rings is 1. The van der Waals surface area contributed by atoms with Crippen molar-refractivity contribution in [2.75, 3.05) is 0 Å². The first-order valence-electron chi connectivity index (χ1n) is 22.3. The predicted octanol–water partition coefficient (Wildman–Crippen LogP) is 15.4. The first-order chi connectivity index (χ1) is 32.3. The van der Waals surface area contributed by atoms with Crippen molar-refractivity contribution in [3.8, 4) is 45.8 Å². The Balaban J connectivity index is 1.12. The van der Waals surface area contributed by atoms with Crippen molar-refractivity contribution < 1.29 is 4.42 Å². The molecule has 0 saturated carbocycles. The van der Waals surface area contributed by atoms with Gasteiger partial charge in [-0.05, 0) is 88.7 Å². The van der Waals surface area contributed by atoms with Gasteiger partial charge in [0.05, 0.1) is 40.0 Å². The second-order valence-electron chi connectivity index (χ2n) is 17.6. The Bertz CT molecular complexity index is 3910. The maximum absolute atomic E-state index is 10.1. The summed E-state index contributed by atoms with van der Waals surface area (Å²) in [5, 5.41) is 15.7. The van der Waals surface area contributed by atoms with Crippen molar-refractivity contribution in [1.29, 1.82) is 5.26 Å². The average molecular weight is 852 g/mol. The Hall–Kier alpha value is -8.72. The number of furan rings is 1. The van der Waals surface area contributed by atoms with E-state index in [1.165, 1.54) is 21.5 Å². The van der Waals surface area contributed by atoms with E-state index < -0.39 is 0 Å². The van der Waals surface area contributed by atoms with Crippen molar-refractivity contribution >= 4 is 71.4 Å². The lowest BCUT2D eigenvalue weighted by Gasteiger charge is -2.23. The van der Waals surface area contributed by atoms with Crippen LogP contribution < -0.4 is 0 Å². The number of fused-ring (bicyclic) bond motifs is 9. The van der Waals surface area contributed by atoms with Crippen LogP contribution in [0.2, 0.25) is 0 Å². The summed E-state index contributed by atoms with van der Waals surface area (Å²) in [6, 6.07) is 57.2. The minimum atomic E-state index is 0.121. The van der Waals surface area contributed by atoms with Crippen LogP contribution in [-0.4, -0.2) is 23.7 Å². The first kappa shape index (κ1) is 38.9. The molecule has 0 fully saturated rings. The topological polar surface area (TPSA) is 81.9 Å². The molecule has 0 aliphatic heterocycles. The van der Waals surface area contributed by atoms with Crippen LogP contribution in [0.5, 0.6) is 0 Å². The SMILES string of the molecule is [C-]#[N+]c1cccc(-c2nc(C#N)cn2-c2c(C(C)C)cc(-c3ccc4oc5c(-n6c7ccccc7c7ccccc76)cc(-n6c7ccccc7c7ccccc76)nc5c4c3)cc2C(C)C)c1. The molecule has 0 aliphatic rings. The Morgan fingerprint density at radius 2 is 1.15 bits per heavy atom. The van der Waals surface area contributed by atoms with Crippen LogP contribution in [-0.2, 0) is 0 Å². The van der Waals surface area contributed by atoms with Crippen molar-refractivity contribution in [2.45, 2.75) is 39.5 Å². The number of rotatable bonds is 7. The average Bonchev–Trinajstić information content (AvgIpc) is 4.13. The van der Waals surface area contributed by atoms with Gasteiger partial charge in [-0.1, -0.05) is 125 Å². The number of nitrogens with zero attached hydrogens (tertiary/aromatic N) is 7. The number of hydrogen-bond donors (Lipinski definition) is 0. The van der Waals surface area contributed by atoms with E-state index in [4.69, 9.17) is 21.0 Å². The van der Waals surface area contributed by atoms with Gasteiger partial charge in [-0.2, -0.15) is 5.26 Å². The van der Waals surface area contributed by atoms with Crippen molar-refractivity contribution in [3.63, 3.8) is 0 Å². The zero-order valence-corrected chi connectivity index (χ0v) is 36.8. The summed E-state index contributed by atoms with van der Waals surface area (Å²) in [6.45, 7) is 16.5. The van der Waals surface area contributed by atoms with Crippen LogP contribution in [0.3, 0.4) is 0 Å². The third-order valence-corrected chi connectivity index (χ3v) is 13.1. The molecule has 8 nitrogen and oxygen atoms in total. The third kappa shape index (κ3) is 5.89. The van der Waals surface area contributed by atoms with Gasteiger partial charge in [0.15, 0.2) is 17.0 Å². The van der Waals surface area contributed by atoms with E-state index in [1.807, 2.05) is 24.4 Å². The summed E-state index contributed by atoms with van der Waals surface area (Å²) in [5.41, 5.74) is 14.5. The highest BCUT2D eigenvalue weighted by atomic mass is 16.3. The van der Waals surface area contributed by atoms with Crippen LogP contribution in [0.4, 0.5) is 5.69 Å². The highest BCUT2D eigenvalue weighted by molar-refractivity contribution is 6.13. The zero-order valence-electron chi connectivity index (χ0n) is 36.8. The van der Waals surface area contributed by atoms with Crippen LogP contribution in [0, 0.1) is 17.9 Å². The molecule has 0 spiro atoms. The van der Waals surface area contributed by atoms with Gasteiger partial charge in [0.2, 0.25) is 0 Å². The lowest BCUT2D eigenvalue weighted by atomic mass is 9.88. The summed E-state index contributed by atoms with van der Waals surface area (Å²) in [7, 11) is 0. The largest absolute Gasteiger partial charge is 0.452 e. The summed E-state index contributed by atoms with van der Waals surface area (Å²) < 4.78 is 13.7. The molecule has 314 valence electrons. The molecule has 5 heterocycles. The zero-order chi connectivity index (χ0) is 44.8. The van der Waals surface area contributed by atoms with Crippen molar-refractivity contribution in [1.82, 2.24) is 23.7 Å². The van der Waals surface area contributed by atoms with E-state index in [0.717, 1.165) is 83.6 Å². The minimum absolute atomic E-state index is 0.121. The Morgan fingerprint density at radius 1 is 0.576 bits per heavy atom. The molecule has 0 aliphatic carbocycles. The fourth-order valence-corrected chi connectivity index (χ4v) is 10.0. The molecule has 0 bridgehead atoms. The lowest BCUT2D eigenvalue weighted by molar-refractivity contribution is 0.665. The van der Waals surface area contributed by atoms with Gasteiger partial charge in [-0.15, -0.1) is 0 Å². The summed E-state index contributed by atoms with van der Waals surface area (Å²) in [6.07, 6.45) is 1.82. The molecule has 8 heteroatoms. The predicted molar refractivity (Wildman–Crippen MR) is 267 cm³/mol. The molecular formula is C58H41N7O. The van der Waals surface area contributed by atoms with Gasteiger partial charge in [0, 0.05) is 44.8 Å². The quantitative estimate of drug-likeness (QED) is 0.150. The van der Waals surface area contributed by atoms with E-state index in [1.54, 1.807) is 6.07 Å². The summed E-state index contributed by atoms with van der Waals surface area (Å²) in [4.78, 5) is 14.0. The number of hydrogen-bond acceptors (Lipinski definition) is 4.